The first-order valence-corrected chi connectivity index (χ1v) is 15.6. The third kappa shape index (κ3) is 10.3. The number of aliphatic hydroxyl groups is 1. The van der Waals surface area contributed by atoms with Gasteiger partial charge in [-0.3, -0.25) is 14.4 Å². The van der Waals surface area contributed by atoms with Crippen LogP contribution in [0.1, 0.15) is 77.0 Å². The summed E-state index contributed by atoms with van der Waals surface area (Å²) in [6, 6.07) is 6.65. The highest BCUT2D eigenvalue weighted by Crippen LogP contribution is 2.28. The fourth-order valence-corrected chi connectivity index (χ4v) is 5.98. The minimum Gasteiger partial charge on any atom is -0.391 e. The van der Waals surface area contributed by atoms with E-state index in [0.717, 1.165) is 53.8 Å². The summed E-state index contributed by atoms with van der Waals surface area (Å²) in [6.45, 7) is 8.84. The van der Waals surface area contributed by atoms with E-state index in [1.165, 1.54) is 4.90 Å². The maximum atomic E-state index is 13.7. The van der Waals surface area contributed by atoms with E-state index in [1.54, 1.807) is 11.3 Å². The van der Waals surface area contributed by atoms with Crippen molar-refractivity contribution >= 4 is 41.5 Å². The fourth-order valence-electron chi connectivity index (χ4n) is 5.16. The molecule has 0 unspecified atom stereocenters. The van der Waals surface area contributed by atoms with Gasteiger partial charge in [-0.2, -0.15) is 0 Å². The van der Waals surface area contributed by atoms with Crippen molar-refractivity contribution in [3.8, 4) is 10.4 Å². The number of nitrogens with two attached hydrogens (primary N) is 1. The Kier molecular flexibility index (Phi) is 14.4. The quantitative estimate of drug-likeness (QED) is 0.235. The van der Waals surface area contributed by atoms with E-state index < -0.39 is 23.6 Å². The third-order valence-corrected chi connectivity index (χ3v) is 8.54. The Bertz CT molecular complexity index is 1150. The SMILES string of the molecule is Cc1ncsc1-c1ccc(CCNC(=O)[C@@H]2C[C@@H](O)CN2C(=O)[C@@H](NC(=O)CCCCCCCN)C(C)(C)C)cc1.Cl. The predicted molar refractivity (Wildman–Crippen MR) is 171 cm³/mol. The van der Waals surface area contributed by atoms with Gasteiger partial charge < -0.3 is 26.4 Å². The van der Waals surface area contributed by atoms with Crippen LogP contribution in [0.15, 0.2) is 29.8 Å². The van der Waals surface area contributed by atoms with Crippen LogP contribution in [-0.2, 0) is 20.8 Å². The number of thiazole rings is 1. The molecule has 2 heterocycles. The zero-order chi connectivity index (χ0) is 30.0. The Hall–Kier alpha value is -2.53. The van der Waals surface area contributed by atoms with Crippen LogP contribution in [0, 0.1) is 12.3 Å². The average Bonchev–Trinajstić information content (AvgIpc) is 3.54. The number of β-amino-alcohol motifs (C(OH)–C–C–N with tert-alkyl or cyclic N) is 1. The fraction of sp³-hybridized carbons (Fsp3) is 0.613. The number of carbonyl (C=O) groups is 3. The predicted octanol–water partition coefficient (Wildman–Crippen LogP) is 3.99. The smallest absolute Gasteiger partial charge is 0.246 e. The van der Waals surface area contributed by atoms with Crippen LogP contribution in [0.2, 0.25) is 0 Å². The van der Waals surface area contributed by atoms with Crippen LogP contribution < -0.4 is 16.4 Å². The summed E-state index contributed by atoms with van der Waals surface area (Å²) in [5.74, 6) is -0.794. The Morgan fingerprint density at radius 3 is 2.40 bits per heavy atom. The van der Waals surface area contributed by atoms with Crippen molar-refractivity contribution in [2.75, 3.05) is 19.6 Å². The summed E-state index contributed by atoms with van der Waals surface area (Å²) >= 11 is 1.61. The number of aromatic nitrogens is 1. The molecule has 3 atom stereocenters. The molecule has 1 aromatic carbocycles. The first kappa shape index (κ1) is 35.7. The van der Waals surface area contributed by atoms with Crippen LogP contribution in [0.4, 0.5) is 0 Å². The molecule has 0 aliphatic carbocycles. The van der Waals surface area contributed by atoms with Gasteiger partial charge in [-0.05, 0) is 49.3 Å². The van der Waals surface area contributed by atoms with Gasteiger partial charge in [0.05, 0.1) is 22.2 Å². The Balaban J connectivity index is 0.00000616. The molecule has 1 saturated heterocycles. The number of unbranched alkanes of at least 4 members (excludes halogenated alkanes) is 4. The molecule has 1 fully saturated rings. The number of amides is 3. The number of carbonyl (C=O) groups excluding carboxylic acids is 3. The summed E-state index contributed by atoms with van der Waals surface area (Å²) in [5, 5.41) is 16.3. The normalized spacial score (nSPS) is 17.4. The van der Waals surface area contributed by atoms with Gasteiger partial charge in [-0.15, -0.1) is 23.7 Å². The topological polar surface area (TPSA) is 138 Å². The van der Waals surface area contributed by atoms with Gasteiger partial charge in [0.1, 0.15) is 12.1 Å². The first-order valence-electron chi connectivity index (χ1n) is 14.8. The Labute approximate surface area is 260 Å². The zero-order valence-corrected chi connectivity index (χ0v) is 27.0. The van der Waals surface area contributed by atoms with E-state index in [9.17, 15) is 19.5 Å². The summed E-state index contributed by atoms with van der Waals surface area (Å²) in [4.78, 5) is 46.5. The molecular weight excluding hydrogens is 574 g/mol. The van der Waals surface area contributed by atoms with Crippen LogP contribution in [-0.4, -0.2) is 70.5 Å². The Morgan fingerprint density at radius 2 is 1.79 bits per heavy atom. The van der Waals surface area contributed by atoms with Crippen molar-refractivity contribution in [3.05, 3.63) is 41.0 Å². The number of nitrogens with one attached hydrogen (secondary N) is 2. The number of hydrogen-bond donors (Lipinski definition) is 4. The van der Waals surface area contributed by atoms with E-state index >= 15 is 0 Å². The van der Waals surface area contributed by atoms with Gasteiger partial charge in [0, 0.05) is 25.9 Å². The number of hydrogen-bond acceptors (Lipinski definition) is 7. The van der Waals surface area contributed by atoms with Gasteiger partial charge in [0.2, 0.25) is 17.7 Å². The standard InChI is InChI=1S/C31H47N5O4S.ClH/c1-21-27(41-20-34-21)23-13-11-22(12-14-23)15-17-33-29(39)25-18-24(37)19-36(25)30(40)28(31(2,3)4)35-26(38)10-8-6-5-7-9-16-32;/h11-14,20,24-25,28,37H,5-10,15-19,32H2,1-4H3,(H,33,39)(H,35,38);1H/t24-,25+,28-;/m1./s1. The van der Waals surface area contributed by atoms with Crippen molar-refractivity contribution in [1.29, 1.82) is 0 Å². The number of aliphatic hydroxyl groups excluding tert-OH is 1. The Morgan fingerprint density at radius 1 is 1.12 bits per heavy atom. The van der Waals surface area contributed by atoms with Crippen LogP contribution in [0.3, 0.4) is 0 Å². The molecule has 9 nitrogen and oxygen atoms in total. The molecule has 1 aliphatic rings. The number of nitrogens with zero attached hydrogens (tertiary/aromatic N) is 2. The largest absolute Gasteiger partial charge is 0.391 e. The average molecular weight is 622 g/mol. The van der Waals surface area contributed by atoms with E-state index in [2.05, 4.69) is 27.8 Å². The number of likely N-dealkylation sites (tertiary alicyclic amines) is 1. The number of rotatable bonds is 14. The van der Waals surface area contributed by atoms with Crippen LogP contribution in [0.25, 0.3) is 10.4 Å². The molecule has 0 saturated carbocycles. The van der Waals surface area contributed by atoms with Crippen molar-refractivity contribution in [2.24, 2.45) is 11.1 Å². The molecule has 42 heavy (non-hydrogen) atoms. The number of benzene rings is 1. The second-order valence-electron chi connectivity index (χ2n) is 12.1. The van der Waals surface area contributed by atoms with E-state index in [-0.39, 0.29) is 43.1 Å². The zero-order valence-electron chi connectivity index (χ0n) is 25.4. The molecule has 11 heteroatoms. The minimum atomic E-state index is -0.798. The van der Waals surface area contributed by atoms with Crippen molar-refractivity contribution in [3.63, 3.8) is 0 Å². The van der Waals surface area contributed by atoms with Gasteiger partial charge in [0.25, 0.3) is 0 Å². The number of aryl methyl sites for hydroxylation is 1. The molecule has 234 valence electrons. The molecule has 0 bridgehead atoms. The highest BCUT2D eigenvalue weighted by atomic mass is 35.5. The first-order chi connectivity index (χ1) is 19.5. The van der Waals surface area contributed by atoms with Gasteiger partial charge in [-0.25, -0.2) is 4.98 Å². The molecule has 0 spiro atoms. The minimum absolute atomic E-state index is 0. The highest BCUT2D eigenvalue weighted by molar-refractivity contribution is 7.13. The van der Waals surface area contributed by atoms with Crippen LogP contribution >= 0.6 is 23.7 Å². The molecule has 0 radical (unpaired) electrons. The second-order valence-corrected chi connectivity index (χ2v) is 12.9. The number of halogens is 1. The molecule has 3 rings (SSSR count). The van der Waals surface area contributed by atoms with Crippen molar-refractivity contribution < 1.29 is 19.5 Å². The third-order valence-electron chi connectivity index (χ3n) is 7.57. The van der Waals surface area contributed by atoms with Crippen LogP contribution in [0.5, 0.6) is 0 Å². The lowest BCUT2D eigenvalue weighted by atomic mass is 9.85. The van der Waals surface area contributed by atoms with Crippen molar-refractivity contribution in [1.82, 2.24) is 20.5 Å². The molecule has 1 aliphatic heterocycles. The lowest BCUT2D eigenvalue weighted by Crippen LogP contribution is -2.57. The van der Waals surface area contributed by atoms with E-state index in [0.29, 0.717) is 25.9 Å². The lowest BCUT2D eigenvalue weighted by molar-refractivity contribution is -0.144. The summed E-state index contributed by atoms with van der Waals surface area (Å²) in [7, 11) is 0. The van der Waals surface area contributed by atoms with E-state index in [4.69, 9.17) is 5.73 Å². The maximum Gasteiger partial charge on any atom is 0.246 e. The summed E-state index contributed by atoms with van der Waals surface area (Å²) in [5.41, 5.74) is 10.0. The van der Waals surface area contributed by atoms with E-state index in [1.807, 2.05) is 45.3 Å². The van der Waals surface area contributed by atoms with Crippen molar-refractivity contribution in [2.45, 2.75) is 97.2 Å². The van der Waals surface area contributed by atoms with Gasteiger partial charge >= 0.3 is 0 Å². The molecule has 5 N–H and O–H groups in total. The molecular formula is C31H48ClN5O4S. The second kappa shape index (κ2) is 16.9. The molecule has 1 aromatic heterocycles. The monoisotopic (exact) mass is 621 g/mol. The molecule has 3 amide bonds. The lowest BCUT2D eigenvalue weighted by Gasteiger charge is -2.35. The maximum absolute atomic E-state index is 13.7. The highest BCUT2D eigenvalue weighted by Gasteiger charge is 2.44. The summed E-state index contributed by atoms with van der Waals surface area (Å²) < 4.78 is 0. The van der Waals surface area contributed by atoms with Gasteiger partial charge in [-0.1, -0.05) is 64.3 Å². The molecule has 2 aromatic rings. The van der Waals surface area contributed by atoms with Gasteiger partial charge in [0.15, 0.2) is 0 Å². The summed E-state index contributed by atoms with van der Waals surface area (Å²) in [6.07, 6.45) is 5.15.